The van der Waals surface area contributed by atoms with E-state index in [0.717, 1.165) is 39.3 Å². The van der Waals surface area contributed by atoms with E-state index in [4.69, 9.17) is 15.2 Å². The molecule has 0 saturated carbocycles. The third-order valence-electron chi connectivity index (χ3n) is 3.38. The summed E-state index contributed by atoms with van der Waals surface area (Å²) >= 11 is 0. The summed E-state index contributed by atoms with van der Waals surface area (Å²) in [5.41, 5.74) is 6.09. The van der Waals surface area contributed by atoms with Crippen LogP contribution in [0.2, 0.25) is 0 Å². The van der Waals surface area contributed by atoms with Gasteiger partial charge in [0.2, 0.25) is 0 Å². The minimum Gasteiger partial charge on any atom is -0.380 e. The van der Waals surface area contributed by atoms with Crippen LogP contribution in [0.4, 0.5) is 0 Å². The quantitative estimate of drug-likeness (QED) is 0.672. The van der Waals surface area contributed by atoms with Crippen molar-refractivity contribution in [1.29, 1.82) is 0 Å². The zero-order valence-corrected chi connectivity index (χ0v) is 8.82. The monoisotopic (exact) mass is 200 g/mol. The summed E-state index contributed by atoms with van der Waals surface area (Å²) in [6.45, 7) is 3.32. The summed E-state index contributed by atoms with van der Waals surface area (Å²) in [6.07, 6.45) is 2.10. The van der Waals surface area contributed by atoms with Crippen molar-refractivity contribution in [2.75, 3.05) is 33.5 Å². The smallest absolute Gasteiger partial charge is 0.0636 e. The van der Waals surface area contributed by atoms with E-state index < -0.39 is 0 Å². The lowest BCUT2D eigenvalue weighted by Crippen LogP contribution is -2.55. The van der Waals surface area contributed by atoms with Crippen LogP contribution in [0.3, 0.4) is 0 Å². The van der Waals surface area contributed by atoms with Gasteiger partial charge in [0.25, 0.3) is 0 Å². The van der Waals surface area contributed by atoms with Gasteiger partial charge < -0.3 is 15.2 Å². The van der Waals surface area contributed by atoms with Crippen molar-refractivity contribution in [3.05, 3.63) is 0 Å². The molecule has 82 valence electrons. The molecule has 0 spiro atoms. The summed E-state index contributed by atoms with van der Waals surface area (Å²) < 4.78 is 10.9. The van der Waals surface area contributed by atoms with E-state index in [0.29, 0.717) is 12.1 Å². The molecule has 14 heavy (non-hydrogen) atoms. The van der Waals surface area contributed by atoms with Gasteiger partial charge in [-0.1, -0.05) is 0 Å². The van der Waals surface area contributed by atoms with Crippen LogP contribution in [0.25, 0.3) is 0 Å². The highest BCUT2D eigenvalue weighted by Crippen LogP contribution is 2.18. The van der Waals surface area contributed by atoms with E-state index in [-0.39, 0.29) is 6.04 Å². The van der Waals surface area contributed by atoms with Crippen LogP contribution >= 0.6 is 0 Å². The van der Waals surface area contributed by atoms with Crippen molar-refractivity contribution >= 4 is 0 Å². The molecule has 2 rings (SSSR count). The first-order valence-corrected chi connectivity index (χ1v) is 5.42. The van der Waals surface area contributed by atoms with E-state index in [2.05, 4.69) is 11.9 Å². The highest BCUT2D eigenvalue weighted by Gasteiger charge is 2.31. The Labute approximate surface area is 85.3 Å². The van der Waals surface area contributed by atoms with Gasteiger partial charge in [-0.3, -0.25) is 4.90 Å². The molecular weight excluding hydrogens is 180 g/mol. The van der Waals surface area contributed by atoms with Crippen molar-refractivity contribution < 1.29 is 9.47 Å². The fourth-order valence-corrected chi connectivity index (χ4v) is 2.27. The van der Waals surface area contributed by atoms with Gasteiger partial charge in [-0.2, -0.15) is 0 Å². The molecule has 3 atom stereocenters. The molecule has 0 aromatic heterocycles. The second-order valence-corrected chi connectivity index (χ2v) is 4.28. The normalized spacial score (nSPS) is 39.2. The van der Waals surface area contributed by atoms with Crippen LogP contribution in [0.5, 0.6) is 0 Å². The van der Waals surface area contributed by atoms with Gasteiger partial charge in [0.05, 0.1) is 13.2 Å². The largest absolute Gasteiger partial charge is 0.380 e. The molecule has 2 aliphatic heterocycles. The van der Waals surface area contributed by atoms with Crippen LogP contribution in [0, 0.1) is 0 Å². The van der Waals surface area contributed by atoms with Gasteiger partial charge in [0, 0.05) is 31.3 Å². The number of rotatable bonds is 2. The van der Waals surface area contributed by atoms with E-state index >= 15 is 0 Å². The highest BCUT2D eigenvalue weighted by molar-refractivity contribution is 4.87. The summed E-state index contributed by atoms with van der Waals surface area (Å²) in [5, 5.41) is 0. The molecule has 0 radical (unpaired) electrons. The average molecular weight is 200 g/mol. The van der Waals surface area contributed by atoms with Gasteiger partial charge >= 0.3 is 0 Å². The van der Waals surface area contributed by atoms with Crippen LogP contribution in [-0.2, 0) is 9.47 Å². The fraction of sp³-hybridized carbons (Fsp3) is 1.00. The third kappa shape index (κ3) is 2.08. The van der Waals surface area contributed by atoms with Crippen LogP contribution in [0.15, 0.2) is 0 Å². The molecule has 0 aromatic carbocycles. The Hall–Kier alpha value is -0.160. The lowest BCUT2D eigenvalue weighted by atomic mass is 10.0. The number of hydrogen-bond acceptors (Lipinski definition) is 4. The Morgan fingerprint density at radius 1 is 1.14 bits per heavy atom. The predicted octanol–water partition coefficient (Wildman–Crippen LogP) is -0.177. The molecule has 0 bridgehead atoms. The number of ether oxygens (including phenoxy) is 2. The topological polar surface area (TPSA) is 47.7 Å². The summed E-state index contributed by atoms with van der Waals surface area (Å²) in [4.78, 5) is 2.34. The number of nitrogens with two attached hydrogens (primary N) is 1. The third-order valence-corrected chi connectivity index (χ3v) is 3.38. The Kier molecular flexibility index (Phi) is 3.38. The maximum atomic E-state index is 6.09. The zero-order chi connectivity index (χ0) is 9.97. The Balaban J connectivity index is 1.91. The van der Waals surface area contributed by atoms with Crippen molar-refractivity contribution in [3.8, 4) is 0 Å². The average Bonchev–Trinajstić information content (AvgIpc) is 2.70. The van der Waals surface area contributed by atoms with Crippen LogP contribution in [-0.4, -0.2) is 56.5 Å². The van der Waals surface area contributed by atoms with E-state index in [1.165, 1.54) is 0 Å². The molecule has 2 saturated heterocycles. The van der Waals surface area contributed by atoms with Gasteiger partial charge in [-0.25, -0.2) is 0 Å². The summed E-state index contributed by atoms with van der Waals surface area (Å²) in [7, 11) is 2.14. The lowest BCUT2D eigenvalue weighted by Gasteiger charge is -2.38. The fourth-order valence-electron chi connectivity index (χ4n) is 2.27. The minimum atomic E-state index is 0.259. The molecule has 0 amide bonds. The number of likely N-dealkylation sites (N-methyl/N-ethyl adjacent to an activating group) is 1. The first-order valence-electron chi connectivity index (χ1n) is 5.42. The van der Waals surface area contributed by atoms with Crippen molar-refractivity contribution in [2.24, 2.45) is 5.73 Å². The first kappa shape index (κ1) is 10.4. The molecule has 2 N–H and O–H groups in total. The van der Waals surface area contributed by atoms with Crippen molar-refractivity contribution in [2.45, 2.75) is 31.0 Å². The Bertz CT molecular complexity index is 183. The lowest BCUT2D eigenvalue weighted by molar-refractivity contribution is -0.00120. The maximum Gasteiger partial charge on any atom is 0.0636 e. The molecule has 3 unspecified atom stereocenters. The molecule has 0 aliphatic carbocycles. The van der Waals surface area contributed by atoms with E-state index in [1.807, 2.05) is 0 Å². The molecule has 2 heterocycles. The molecule has 2 fully saturated rings. The second-order valence-electron chi connectivity index (χ2n) is 4.28. The molecular formula is C10H20N2O2. The van der Waals surface area contributed by atoms with Gasteiger partial charge in [-0.15, -0.1) is 0 Å². The molecule has 2 aliphatic rings. The molecule has 0 aromatic rings. The number of hydrogen-bond donors (Lipinski definition) is 1. The SMILES string of the molecule is CN(C1CCOC1)C1COCCC1N. The standard InChI is InChI=1S/C10H20N2O2/c1-12(8-2-4-13-6-8)10-7-14-5-3-9(10)11/h8-10H,2-7,11H2,1H3. The highest BCUT2D eigenvalue weighted by atomic mass is 16.5. The zero-order valence-electron chi connectivity index (χ0n) is 8.82. The predicted molar refractivity (Wildman–Crippen MR) is 54.2 cm³/mol. The Morgan fingerprint density at radius 3 is 2.50 bits per heavy atom. The van der Waals surface area contributed by atoms with Crippen LogP contribution < -0.4 is 5.73 Å². The van der Waals surface area contributed by atoms with Gasteiger partial charge in [0.1, 0.15) is 0 Å². The van der Waals surface area contributed by atoms with Gasteiger partial charge in [-0.05, 0) is 19.9 Å². The van der Waals surface area contributed by atoms with E-state index in [1.54, 1.807) is 0 Å². The van der Waals surface area contributed by atoms with Gasteiger partial charge in [0.15, 0.2) is 0 Å². The maximum absolute atomic E-state index is 6.09. The summed E-state index contributed by atoms with van der Waals surface area (Å²) in [6, 6.07) is 1.16. The number of nitrogens with zero attached hydrogens (tertiary/aromatic N) is 1. The minimum absolute atomic E-state index is 0.259. The first-order chi connectivity index (χ1) is 6.79. The second kappa shape index (κ2) is 4.57. The van der Waals surface area contributed by atoms with Crippen molar-refractivity contribution in [1.82, 2.24) is 4.90 Å². The summed E-state index contributed by atoms with van der Waals surface area (Å²) in [5.74, 6) is 0. The van der Waals surface area contributed by atoms with Crippen molar-refractivity contribution in [3.63, 3.8) is 0 Å². The Morgan fingerprint density at radius 2 is 1.86 bits per heavy atom. The molecule has 4 nitrogen and oxygen atoms in total. The van der Waals surface area contributed by atoms with E-state index in [9.17, 15) is 0 Å². The van der Waals surface area contributed by atoms with Crippen LogP contribution in [0.1, 0.15) is 12.8 Å². The molecule has 4 heteroatoms.